The lowest BCUT2D eigenvalue weighted by Crippen LogP contribution is -2.37. The van der Waals surface area contributed by atoms with E-state index >= 15 is 0 Å². The maximum absolute atomic E-state index is 8.80. The normalized spacial score (nSPS) is 17.5. The number of pyridine rings is 1. The van der Waals surface area contributed by atoms with Gasteiger partial charge in [0.05, 0.1) is 5.02 Å². The molecule has 2 heterocycles. The molecule has 116 valence electrons. The Bertz CT molecular complexity index is 512. The highest BCUT2D eigenvalue weighted by Crippen LogP contribution is 2.30. The number of nitrogens with two attached hydrogens (primary N) is 1. The molecule has 0 aromatic carbocycles. The van der Waals surface area contributed by atoms with E-state index in [0.29, 0.717) is 22.3 Å². The average molecular weight is 312 g/mol. The van der Waals surface area contributed by atoms with Crippen LogP contribution in [0.3, 0.4) is 0 Å². The summed E-state index contributed by atoms with van der Waals surface area (Å²) in [5.74, 6) is 1.43. The Morgan fingerprint density at radius 1 is 1.52 bits per heavy atom. The fourth-order valence-electron chi connectivity index (χ4n) is 2.75. The average Bonchev–Trinajstić information content (AvgIpc) is 2.47. The van der Waals surface area contributed by atoms with Crippen molar-refractivity contribution in [2.75, 3.05) is 38.6 Å². The molecule has 0 amide bonds. The first kappa shape index (κ1) is 15.9. The molecule has 0 radical (unpaired) electrons. The van der Waals surface area contributed by atoms with Gasteiger partial charge in [-0.25, -0.2) is 4.98 Å². The number of anilines is 1. The van der Waals surface area contributed by atoms with Crippen LogP contribution >= 0.6 is 11.6 Å². The van der Waals surface area contributed by atoms with Gasteiger partial charge < -0.3 is 20.7 Å². The van der Waals surface area contributed by atoms with E-state index in [1.165, 1.54) is 0 Å². The van der Waals surface area contributed by atoms with Gasteiger partial charge in [0.25, 0.3) is 0 Å². The molecule has 1 aromatic rings. The molecular formula is C14H22ClN5O. The van der Waals surface area contributed by atoms with Crippen LogP contribution in [-0.2, 0) is 0 Å². The van der Waals surface area contributed by atoms with Crippen LogP contribution in [-0.4, -0.2) is 54.7 Å². The van der Waals surface area contributed by atoms with Crippen LogP contribution in [0.15, 0.2) is 17.4 Å². The fourth-order valence-corrected chi connectivity index (χ4v) is 3.08. The predicted octanol–water partition coefficient (Wildman–Crippen LogP) is 1.61. The second-order valence-electron chi connectivity index (χ2n) is 5.67. The highest BCUT2D eigenvalue weighted by atomic mass is 35.5. The Morgan fingerprint density at radius 2 is 2.19 bits per heavy atom. The van der Waals surface area contributed by atoms with Crippen LogP contribution < -0.4 is 10.6 Å². The molecule has 3 N–H and O–H groups in total. The molecule has 0 bridgehead atoms. The zero-order valence-electron chi connectivity index (χ0n) is 12.5. The monoisotopic (exact) mass is 311 g/mol. The van der Waals surface area contributed by atoms with Crippen molar-refractivity contribution in [2.24, 2.45) is 16.8 Å². The molecule has 7 heteroatoms. The van der Waals surface area contributed by atoms with Crippen molar-refractivity contribution in [3.8, 4) is 0 Å². The van der Waals surface area contributed by atoms with Gasteiger partial charge in [-0.05, 0) is 38.9 Å². The number of hydrogen-bond donors (Lipinski definition) is 2. The number of hydrogen-bond acceptors (Lipinski definition) is 5. The lowest BCUT2D eigenvalue weighted by atomic mass is 9.96. The zero-order chi connectivity index (χ0) is 15.4. The van der Waals surface area contributed by atoms with Crippen molar-refractivity contribution in [3.63, 3.8) is 0 Å². The summed E-state index contributed by atoms with van der Waals surface area (Å²) >= 11 is 6.35. The number of rotatable bonds is 4. The van der Waals surface area contributed by atoms with E-state index in [4.69, 9.17) is 22.5 Å². The lowest BCUT2D eigenvalue weighted by Gasteiger charge is -2.34. The van der Waals surface area contributed by atoms with Gasteiger partial charge in [-0.3, -0.25) is 0 Å². The Balaban J connectivity index is 2.10. The van der Waals surface area contributed by atoms with Gasteiger partial charge in [0.1, 0.15) is 5.82 Å². The molecule has 1 aliphatic rings. The number of nitrogens with zero attached hydrogens (tertiary/aromatic N) is 4. The maximum Gasteiger partial charge on any atom is 0.171 e. The maximum atomic E-state index is 8.80. The predicted molar refractivity (Wildman–Crippen MR) is 85.2 cm³/mol. The van der Waals surface area contributed by atoms with Gasteiger partial charge in [-0.2, -0.15) is 0 Å². The number of piperidine rings is 1. The second kappa shape index (κ2) is 6.95. The molecule has 1 aromatic heterocycles. The molecule has 21 heavy (non-hydrogen) atoms. The first-order valence-corrected chi connectivity index (χ1v) is 7.42. The first-order chi connectivity index (χ1) is 10.0. The molecule has 0 unspecified atom stereocenters. The summed E-state index contributed by atoms with van der Waals surface area (Å²) in [5, 5.41) is 12.3. The summed E-state index contributed by atoms with van der Waals surface area (Å²) < 4.78 is 0. The van der Waals surface area contributed by atoms with Crippen molar-refractivity contribution >= 4 is 23.3 Å². The summed E-state index contributed by atoms with van der Waals surface area (Å²) in [4.78, 5) is 8.75. The van der Waals surface area contributed by atoms with Crippen molar-refractivity contribution in [1.82, 2.24) is 9.88 Å². The highest BCUT2D eigenvalue weighted by molar-refractivity contribution is 6.36. The Morgan fingerprint density at radius 3 is 2.76 bits per heavy atom. The summed E-state index contributed by atoms with van der Waals surface area (Å²) in [5.41, 5.74) is 6.15. The van der Waals surface area contributed by atoms with Crippen molar-refractivity contribution < 1.29 is 5.21 Å². The molecule has 0 atom stereocenters. The van der Waals surface area contributed by atoms with Gasteiger partial charge in [-0.15, -0.1) is 0 Å². The standard InChI is InChI=1S/C14H22ClN5O/c1-19(2)9-10-4-7-20(8-5-10)14-12(15)11(3-6-17-14)13(16)18-21/h3,6,10,21H,4-5,7-9H2,1-2H3,(H2,16,18). The zero-order valence-corrected chi connectivity index (χ0v) is 13.2. The minimum Gasteiger partial charge on any atom is -0.409 e. The number of halogens is 1. The number of oxime groups is 1. The van der Waals surface area contributed by atoms with E-state index < -0.39 is 0 Å². The van der Waals surface area contributed by atoms with Crippen LogP contribution in [0.1, 0.15) is 18.4 Å². The molecule has 1 fully saturated rings. The molecule has 6 nitrogen and oxygen atoms in total. The van der Waals surface area contributed by atoms with Gasteiger partial charge in [0.2, 0.25) is 0 Å². The third-order valence-electron chi connectivity index (χ3n) is 3.79. The van der Waals surface area contributed by atoms with Gasteiger partial charge in [0.15, 0.2) is 5.84 Å². The largest absolute Gasteiger partial charge is 0.409 e. The van der Waals surface area contributed by atoms with Crippen molar-refractivity contribution in [1.29, 1.82) is 0 Å². The Labute approximate surface area is 130 Å². The van der Waals surface area contributed by atoms with Gasteiger partial charge in [-0.1, -0.05) is 16.8 Å². The van der Waals surface area contributed by atoms with Crippen LogP contribution in [0, 0.1) is 5.92 Å². The van der Waals surface area contributed by atoms with Crippen LogP contribution in [0.4, 0.5) is 5.82 Å². The molecule has 0 spiro atoms. The van der Waals surface area contributed by atoms with Crippen LogP contribution in [0.2, 0.25) is 5.02 Å². The van der Waals surface area contributed by atoms with E-state index in [2.05, 4.69) is 34.0 Å². The highest BCUT2D eigenvalue weighted by Gasteiger charge is 2.23. The third kappa shape index (κ3) is 3.77. The van der Waals surface area contributed by atoms with Crippen LogP contribution in [0.5, 0.6) is 0 Å². The third-order valence-corrected chi connectivity index (χ3v) is 4.16. The van der Waals surface area contributed by atoms with Gasteiger partial charge in [0, 0.05) is 31.4 Å². The molecular weight excluding hydrogens is 290 g/mol. The minimum absolute atomic E-state index is 0.00569. The smallest absolute Gasteiger partial charge is 0.171 e. The Kier molecular flexibility index (Phi) is 5.25. The minimum atomic E-state index is 0.00569. The van der Waals surface area contributed by atoms with Crippen molar-refractivity contribution in [2.45, 2.75) is 12.8 Å². The quantitative estimate of drug-likeness (QED) is 0.382. The van der Waals surface area contributed by atoms with Gasteiger partial charge >= 0.3 is 0 Å². The van der Waals surface area contributed by atoms with Crippen LogP contribution in [0.25, 0.3) is 0 Å². The number of amidine groups is 1. The SMILES string of the molecule is CN(C)CC1CCN(c2nccc(/C(N)=N/O)c2Cl)CC1. The lowest BCUT2D eigenvalue weighted by molar-refractivity contribution is 0.284. The number of aromatic nitrogens is 1. The van der Waals surface area contributed by atoms with E-state index in [1.807, 2.05) is 0 Å². The molecule has 1 saturated heterocycles. The molecule has 1 aliphatic heterocycles. The summed E-state index contributed by atoms with van der Waals surface area (Å²) in [6, 6.07) is 1.65. The summed E-state index contributed by atoms with van der Waals surface area (Å²) in [6.45, 7) is 2.95. The van der Waals surface area contributed by atoms with E-state index in [-0.39, 0.29) is 5.84 Å². The molecule has 0 saturated carbocycles. The molecule has 0 aliphatic carbocycles. The summed E-state index contributed by atoms with van der Waals surface area (Å²) in [6.07, 6.45) is 3.87. The second-order valence-corrected chi connectivity index (χ2v) is 6.05. The topological polar surface area (TPSA) is 78.0 Å². The van der Waals surface area contributed by atoms with Crippen molar-refractivity contribution in [3.05, 3.63) is 22.8 Å². The Hall–Kier alpha value is -1.53. The first-order valence-electron chi connectivity index (χ1n) is 7.05. The van der Waals surface area contributed by atoms with E-state index in [0.717, 1.165) is 32.5 Å². The molecule has 2 rings (SSSR count). The fraction of sp³-hybridized carbons (Fsp3) is 0.571. The van der Waals surface area contributed by atoms with E-state index in [1.54, 1.807) is 12.3 Å². The summed E-state index contributed by atoms with van der Waals surface area (Å²) in [7, 11) is 4.20. The van der Waals surface area contributed by atoms with E-state index in [9.17, 15) is 0 Å².